The van der Waals surface area contributed by atoms with Gasteiger partial charge in [-0.2, -0.15) is 0 Å². The van der Waals surface area contributed by atoms with E-state index in [4.69, 9.17) is 0 Å². The summed E-state index contributed by atoms with van der Waals surface area (Å²) in [6, 6.07) is 38.2. The molecule has 0 aliphatic rings. The normalized spacial score (nSPS) is 10.0. The molecule has 0 N–H and O–H groups in total. The first-order valence-corrected chi connectivity index (χ1v) is 10.5. The van der Waals surface area contributed by atoms with Crippen LogP contribution in [0.3, 0.4) is 0 Å². The Morgan fingerprint density at radius 3 is 1.47 bits per heavy atom. The summed E-state index contributed by atoms with van der Waals surface area (Å²) in [5.74, 6) is 0. The summed E-state index contributed by atoms with van der Waals surface area (Å²) in [5.41, 5.74) is 7.04. The molecule has 0 amide bonds. The number of benzene rings is 4. The summed E-state index contributed by atoms with van der Waals surface area (Å²) in [6.45, 7) is 6.13. The van der Waals surface area contributed by atoms with Crippen LogP contribution in [-0.4, -0.2) is 7.05 Å². The zero-order valence-corrected chi connectivity index (χ0v) is 18.3. The minimum atomic E-state index is 1.14. The van der Waals surface area contributed by atoms with Gasteiger partial charge in [0, 0.05) is 35.5 Å². The predicted octanol–water partition coefficient (Wildman–Crippen LogP) is 8.26. The lowest BCUT2D eigenvalue weighted by Gasteiger charge is -2.27. The standard InChI is InChI=1S/C26H24N2.C2H6/c1-21-10-9-15-26(20-21)28(24-13-7-4-8-14-24)25-18-16-23(17-19-25)27(2)22-11-5-3-6-12-22;1-2/h3-20H,1-2H3;1-2H3. The molecule has 0 aliphatic heterocycles. The van der Waals surface area contributed by atoms with E-state index >= 15 is 0 Å². The summed E-state index contributed by atoms with van der Waals surface area (Å²) in [7, 11) is 2.10. The first kappa shape index (κ1) is 21.2. The first-order valence-electron chi connectivity index (χ1n) is 10.5. The van der Waals surface area contributed by atoms with Crippen molar-refractivity contribution in [2.45, 2.75) is 20.8 Å². The van der Waals surface area contributed by atoms with Crippen LogP contribution in [0.25, 0.3) is 0 Å². The molecule has 0 aliphatic carbocycles. The maximum atomic E-state index is 2.29. The molecule has 2 heteroatoms. The lowest BCUT2D eigenvalue weighted by Crippen LogP contribution is -2.11. The van der Waals surface area contributed by atoms with Crippen LogP contribution in [0.4, 0.5) is 28.4 Å². The van der Waals surface area contributed by atoms with Crippen LogP contribution in [0.1, 0.15) is 19.4 Å². The van der Waals surface area contributed by atoms with Crippen molar-refractivity contribution in [3.05, 3.63) is 115 Å². The van der Waals surface area contributed by atoms with Gasteiger partial charge in [-0.3, -0.25) is 0 Å². The summed E-state index contributed by atoms with van der Waals surface area (Å²) in [5, 5.41) is 0. The number of hydrogen-bond acceptors (Lipinski definition) is 2. The molecule has 4 aromatic rings. The van der Waals surface area contributed by atoms with Crippen molar-refractivity contribution in [2.24, 2.45) is 0 Å². The monoisotopic (exact) mass is 394 g/mol. The van der Waals surface area contributed by atoms with Crippen molar-refractivity contribution in [3.63, 3.8) is 0 Å². The zero-order chi connectivity index (χ0) is 21.3. The number of rotatable bonds is 5. The van der Waals surface area contributed by atoms with Crippen molar-refractivity contribution >= 4 is 28.4 Å². The van der Waals surface area contributed by atoms with Crippen molar-refractivity contribution in [3.8, 4) is 0 Å². The van der Waals surface area contributed by atoms with Gasteiger partial charge in [-0.05, 0) is 73.2 Å². The third-order valence-corrected chi connectivity index (χ3v) is 4.91. The van der Waals surface area contributed by atoms with E-state index < -0.39 is 0 Å². The molecule has 2 nitrogen and oxygen atoms in total. The number of hydrogen-bond donors (Lipinski definition) is 0. The second-order valence-corrected chi connectivity index (χ2v) is 6.92. The van der Waals surface area contributed by atoms with Crippen molar-refractivity contribution in [1.29, 1.82) is 0 Å². The maximum Gasteiger partial charge on any atom is 0.0464 e. The predicted molar refractivity (Wildman–Crippen MR) is 132 cm³/mol. The summed E-state index contributed by atoms with van der Waals surface area (Å²) < 4.78 is 0. The van der Waals surface area contributed by atoms with Gasteiger partial charge < -0.3 is 9.80 Å². The molecule has 4 aromatic carbocycles. The molecule has 0 fully saturated rings. The van der Waals surface area contributed by atoms with Crippen molar-refractivity contribution < 1.29 is 0 Å². The van der Waals surface area contributed by atoms with Crippen molar-refractivity contribution in [1.82, 2.24) is 0 Å². The number of aryl methyl sites for hydroxylation is 1. The quantitative estimate of drug-likeness (QED) is 0.336. The van der Waals surface area contributed by atoms with E-state index in [0.29, 0.717) is 0 Å². The highest BCUT2D eigenvalue weighted by Crippen LogP contribution is 2.36. The largest absolute Gasteiger partial charge is 0.345 e. The molecule has 0 aromatic heterocycles. The minimum Gasteiger partial charge on any atom is -0.345 e. The van der Waals surface area contributed by atoms with E-state index in [1.165, 1.54) is 11.3 Å². The number of nitrogens with zero attached hydrogens (tertiary/aromatic N) is 2. The lowest BCUT2D eigenvalue weighted by atomic mass is 10.1. The fourth-order valence-electron chi connectivity index (χ4n) is 3.42. The van der Waals surface area contributed by atoms with Gasteiger partial charge in [-0.15, -0.1) is 0 Å². The Morgan fingerprint density at radius 2 is 0.900 bits per heavy atom. The maximum absolute atomic E-state index is 2.29. The molecule has 0 atom stereocenters. The highest BCUT2D eigenvalue weighted by atomic mass is 15.1. The van der Waals surface area contributed by atoms with Gasteiger partial charge in [-0.1, -0.05) is 62.4 Å². The summed E-state index contributed by atoms with van der Waals surface area (Å²) >= 11 is 0. The molecule has 0 saturated heterocycles. The Balaban J connectivity index is 0.00000124. The molecule has 0 bridgehead atoms. The molecule has 152 valence electrons. The Kier molecular flexibility index (Phi) is 7.29. The SMILES string of the molecule is CC.Cc1cccc(N(c2ccccc2)c2ccc(N(C)c3ccccc3)cc2)c1. The Morgan fingerprint density at radius 1 is 0.467 bits per heavy atom. The molecular weight excluding hydrogens is 364 g/mol. The number of anilines is 5. The highest BCUT2D eigenvalue weighted by Gasteiger charge is 2.13. The van der Waals surface area contributed by atoms with E-state index in [9.17, 15) is 0 Å². The second-order valence-electron chi connectivity index (χ2n) is 6.92. The van der Waals surface area contributed by atoms with E-state index in [0.717, 1.165) is 22.7 Å². The Hall–Kier alpha value is -3.52. The van der Waals surface area contributed by atoms with Gasteiger partial charge in [0.15, 0.2) is 0 Å². The van der Waals surface area contributed by atoms with Crippen LogP contribution in [0, 0.1) is 6.92 Å². The molecular formula is C28H30N2. The Bertz CT molecular complexity index is 1020. The van der Waals surface area contributed by atoms with Crippen LogP contribution >= 0.6 is 0 Å². The van der Waals surface area contributed by atoms with Gasteiger partial charge in [-0.25, -0.2) is 0 Å². The minimum absolute atomic E-state index is 1.14. The van der Waals surface area contributed by atoms with E-state index in [-0.39, 0.29) is 0 Å². The molecule has 0 saturated carbocycles. The summed E-state index contributed by atoms with van der Waals surface area (Å²) in [4.78, 5) is 4.49. The van der Waals surface area contributed by atoms with Gasteiger partial charge in [0.2, 0.25) is 0 Å². The highest BCUT2D eigenvalue weighted by molar-refractivity contribution is 5.78. The third kappa shape index (κ3) is 4.90. The molecule has 4 rings (SSSR count). The van der Waals surface area contributed by atoms with Crippen LogP contribution in [0.2, 0.25) is 0 Å². The van der Waals surface area contributed by atoms with Crippen molar-refractivity contribution in [2.75, 3.05) is 16.8 Å². The molecule has 0 heterocycles. The van der Waals surface area contributed by atoms with E-state index in [1.54, 1.807) is 0 Å². The van der Waals surface area contributed by atoms with Crippen LogP contribution in [-0.2, 0) is 0 Å². The van der Waals surface area contributed by atoms with Crippen LogP contribution in [0.5, 0.6) is 0 Å². The lowest BCUT2D eigenvalue weighted by molar-refractivity contribution is 1.20. The van der Waals surface area contributed by atoms with Crippen LogP contribution in [0.15, 0.2) is 109 Å². The van der Waals surface area contributed by atoms with Gasteiger partial charge >= 0.3 is 0 Å². The molecule has 30 heavy (non-hydrogen) atoms. The molecule has 0 spiro atoms. The fraction of sp³-hybridized carbons (Fsp3) is 0.143. The van der Waals surface area contributed by atoms with Gasteiger partial charge in [0.25, 0.3) is 0 Å². The van der Waals surface area contributed by atoms with E-state index in [1.807, 2.05) is 19.9 Å². The van der Waals surface area contributed by atoms with Gasteiger partial charge in [0.1, 0.15) is 0 Å². The third-order valence-electron chi connectivity index (χ3n) is 4.91. The Labute approximate surface area is 181 Å². The summed E-state index contributed by atoms with van der Waals surface area (Å²) in [6.07, 6.45) is 0. The second kappa shape index (κ2) is 10.3. The average molecular weight is 395 g/mol. The zero-order valence-electron chi connectivity index (χ0n) is 18.3. The smallest absolute Gasteiger partial charge is 0.0464 e. The molecule has 0 unspecified atom stereocenters. The average Bonchev–Trinajstić information content (AvgIpc) is 2.82. The first-order chi connectivity index (χ1) is 14.7. The van der Waals surface area contributed by atoms with E-state index in [2.05, 4.69) is 127 Å². The number of para-hydroxylation sites is 2. The van der Waals surface area contributed by atoms with Crippen LogP contribution < -0.4 is 9.80 Å². The topological polar surface area (TPSA) is 6.48 Å². The van der Waals surface area contributed by atoms with Gasteiger partial charge in [0.05, 0.1) is 0 Å². The fourth-order valence-corrected chi connectivity index (χ4v) is 3.42. The molecule has 0 radical (unpaired) electrons.